The molecule has 2 aromatic rings. The average Bonchev–Trinajstić information content (AvgIpc) is 2.95. The first-order chi connectivity index (χ1) is 9.76. The van der Waals surface area contributed by atoms with Gasteiger partial charge in [-0.15, -0.1) is 0 Å². The summed E-state index contributed by atoms with van der Waals surface area (Å²) in [5.74, 6) is -0.166. The second-order valence-corrected chi connectivity index (χ2v) is 4.69. The highest BCUT2D eigenvalue weighted by atomic mass is 16.1. The van der Waals surface area contributed by atoms with Gasteiger partial charge in [0, 0.05) is 23.5 Å². The second-order valence-electron chi connectivity index (χ2n) is 4.69. The molecule has 0 fully saturated rings. The van der Waals surface area contributed by atoms with Gasteiger partial charge in [-0.05, 0) is 54.4 Å². The molecule has 0 saturated carbocycles. The molecule has 0 bridgehead atoms. The van der Waals surface area contributed by atoms with Crippen LogP contribution in [0.3, 0.4) is 0 Å². The second kappa shape index (κ2) is 5.06. The summed E-state index contributed by atoms with van der Waals surface area (Å²) in [5.41, 5.74) is 4.25. The van der Waals surface area contributed by atoms with Crippen LogP contribution in [0, 0.1) is 11.3 Å². The molecule has 0 atom stereocenters. The minimum Gasteiger partial charge on any atom is -0.384 e. The molecule has 1 amide bonds. The number of nitrogens with one attached hydrogen (secondary N) is 2. The zero-order valence-corrected chi connectivity index (χ0v) is 10.8. The van der Waals surface area contributed by atoms with E-state index in [4.69, 9.17) is 5.26 Å². The van der Waals surface area contributed by atoms with Crippen molar-refractivity contribution < 1.29 is 4.79 Å². The van der Waals surface area contributed by atoms with E-state index in [0.29, 0.717) is 11.1 Å². The highest BCUT2D eigenvalue weighted by Crippen LogP contribution is 2.25. The smallest absolute Gasteiger partial charge is 0.255 e. The highest BCUT2D eigenvalue weighted by molar-refractivity contribution is 6.04. The maximum absolute atomic E-state index is 12.1. The monoisotopic (exact) mass is 263 g/mol. The van der Waals surface area contributed by atoms with Gasteiger partial charge in [0.15, 0.2) is 0 Å². The Hall–Kier alpha value is -2.80. The van der Waals surface area contributed by atoms with E-state index in [-0.39, 0.29) is 5.91 Å². The molecule has 0 radical (unpaired) electrons. The van der Waals surface area contributed by atoms with Crippen LogP contribution >= 0.6 is 0 Å². The summed E-state index contributed by atoms with van der Waals surface area (Å²) in [5, 5.41) is 14.9. The minimum atomic E-state index is -0.166. The Bertz CT molecular complexity index is 699. The Morgan fingerprint density at radius 1 is 1.20 bits per heavy atom. The summed E-state index contributed by atoms with van der Waals surface area (Å²) in [6, 6.07) is 14.5. The Morgan fingerprint density at radius 3 is 2.75 bits per heavy atom. The van der Waals surface area contributed by atoms with E-state index in [0.717, 1.165) is 24.3 Å². The lowest BCUT2D eigenvalue weighted by molar-refractivity contribution is 0.102. The number of anilines is 2. The van der Waals surface area contributed by atoms with Crippen molar-refractivity contribution >= 4 is 17.3 Å². The van der Waals surface area contributed by atoms with Gasteiger partial charge >= 0.3 is 0 Å². The van der Waals surface area contributed by atoms with Gasteiger partial charge in [0.05, 0.1) is 11.6 Å². The lowest BCUT2D eigenvalue weighted by Gasteiger charge is -2.07. The number of carbonyl (C=O) groups is 1. The van der Waals surface area contributed by atoms with Gasteiger partial charge < -0.3 is 10.6 Å². The van der Waals surface area contributed by atoms with Crippen LogP contribution < -0.4 is 10.6 Å². The topological polar surface area (TPSA) is 64.9 Å². The standard InChI is InChI=1S/C16H13N3O/c17-10-11-1-3-12(4-2-11)16(20)19-14-5-6-15-13(9-14)7-8-18-15/h1-6,9,18H,7-8H2,(H,19,20). The summed E-state index contributed by atoms with van der Waals surface area (Å²) in [7, 11) is 0. The lowest BCUT2D eigenvalue weighted by Crippen LogP contribution is -2.11. The number of benzene rings is 2. The molecule has 20 heavy (non-hydrogen) atoms. The van der Waals surface area contributed by atoms with Crippen molar-refractivity contribution in [3.05, 3.63) is 59.2 Å². The molecule has 0 saturated heterocycles. The van der Waals surface area contributed by atoms with Gasteiger partial charge in [0.25, 0.3) is 5.91 Å². The molecule has 4 heteroatoms. The number of nitrogens with zero attached hydrogens (tertiary/aromatic N) is 1. The van der Waals surface area contributed by atoms with Crippen LogP contribution in [0.15, 0.2) is 42.5 Å². The van der Waals surface area contributed by atoms with Gasteiger partial charge in [-0.3, -0.25) is 4.79 Å². The van der Waals surface area contributed by atoms with Crippen molar-refractivity contribution in [1.82, 2.24) is 0 Å². The molecule has 1 aliphatic heterocycles. The molecule has 1 aliphatic rings. The molecule has 2 aromatic carbocycles. The van der Waals surface area contributed by atoms with Crippen LogP contribution in [0.2, 0.25) is 0 Å². The molecule has 0 spiro atoms. The average molecular weight is 263 g/mol. The van der Waals surface area contributed by atoms with Crippen LogP contribution in [-0.4, -0.2) is 12.5 Å². The molecular weight excluding hydrogens is 250 g/mol. The zero-order chi connectivity index (χ0) is 13.9. The SMILES string of the molecule is N#Cc1ccc(C(=O)Nc2ccc3c(c2)CCN3)cc1. The molecular formula is C16H13N3O. The Kier molecular flexibility index (Phi) is 3.10. The largest absolute Gasteiger partial charge is 0.384 e. The van der Waals surface area contributed by atoms with Crippen LogP contribution in [-0.2, 0) is 6.42 Å². The third-order valence-electron chi connectivity index (χ3n) is 3.35. The van der Waals surface area contributed by atoms with Crippen molar-refractivity contribution in [2.45, 2.75) is 6.42 Å². The normalized spacial score (nSPS) is 12.2. The van der Waals surface area contributed by atoms with Crippen LogP contribution in [0.25, 0.3) is 0 Å². The van der Waals surface area contributed by atoms with E-state index >= 15 is 0 Å². The van der Waals surface area contributed by atoms with Gasteiger partial charge in [0.1, 0.15) is 0 Å². The van der Waals surface area contributed by atoms with Crippen molar-refractivity contribution in [3.8, 4) is 6.07 Å². The van der Waals surface area contributed by atoms with Gasteiger partial charge in [-0.1, -0.05) is 0 Å². The van der Waals surface area contributed by atoms with E-state index in [2.05, 4.69) is 10.6 Å². The number of hydrogen-bond acceptors (Lipinski definition) is 3. The fourth-order valence-corrected chi connectivity index (χ4v) is 2.28. The molecule has 0 aliphatic carbocycles. The van der Waals surface area contributed by atoms with E-state index in [9.17, 15) is 4.79 Å². The van der Waals surface area contributed by atoms with Crippen LogP contribution in [0.1, 0.15) is 21.5 Å². The first-order valence-electron chi connectivity index (χ1n) is 6.44. The number of fused-ring (bicyclic) bond motifs is 1. The third-order valence-corrected chi connectivity index (χ3v) is 3.35. The Balaban J connectivity index is 1.77. The molecule has 1 heterocycles. The van der Waals surface area contributed by atoms with Gasteiger partial charge in [-0.2, -0.15) is 5.26 Å². The predicted octanol–water partition coefficient (Wildman–Crippen LogP) is 2.78. The minimum absolute atomic E-state index is 0.166. The maximum atomic E-state index is 12.1. The Morgan fingerprint density at radius 2 is 2.00 bits per heavy atom. The van der Waals surface area contributed by atoms with Crippen molar-refractivity contribution in [3.63, 3.8) is 0 Å². The predicted molar refractivity (Wildman–Crippen MR) is 77.7 cm³/mol. The van der Waals surface area contributed by atoms with E-state index in [1.165, 1.54) is 5.56 Å². The summed E-state index contributed by atoms with van der Waals surface area (Å²) < 4.78 is 0. The van der Waals surface area contributed by atoms with Gasteiger partial charge in [-0.25, -0.2) is 0 Å². The van der Waals surface area contributed by atoms with Gasteiger partial charge in [0.2, 0.25) is 0 Å². The van der Waals surface area contributed by atoms with Crippen molar-refractivity contribution in [2.24, 2.45) is 0 Å². The third kappa shape index (κ3) is 2.34. The number of rotatable bonds is 2. The summed E-state index contributed by atoms with van der Waals surface area (Å²) in [4.78, 5) is 12.1. The van der Waals surface area contributed by atoms with E-state index in [1.807, 2.05) is 24.3 Å². The fraction of sp³-hybridized carbons (Fsp3) is 0.125. The number of amides is 1. The molecule has 3 rings (SSSR count). The molecule has 2 N–H and O–H groups in total. The summed E-state index contributed by atoms with van der Waals surface area (Å²) >= 11 is 0. The highest BCUT2D eigenvalue weighted by Gasteiger charge is 2.11. The molecule has 0 unspecified atom stereocenters. The number of carbonyl (C=O) groups excluding carboxylic acids is 1. The molecule has 0 aromatic heterocycles. The summed E-state index contributed by atoms with van der Waals surface area (Å²) in [6.45, 7) is 0.947. The molecule has 98 valence electrons. The van der Waals surface area contributed by atoms with E-state index < -0.39 is 0 Å². The van der Waals surface area contributed by atoms with Crippen LogP contribution in [0.4, 0.5) is 11.4 Å². The molecule has 4 nitrogen and oxygen atoms in total. The maximum Gasteiger partial charge on any atom is 0.255 e. The van der Waals surface area contributed by atoms with Crippen molar-refractivity contribution in [2.75, 3.05) is 17.2 Å². The van der Waals surface area contributed by atoms with Crippen LogP contribution in [0.5, 0.6) is 0 Å². The first kappa shape index (κ1) is 12.2. The first-order valence-corrected chi connectivity index (χ1v) is 6.44. The number of hydrogen-bond donors (Lipinski definition) is 2. The Labute approximate surface area is 117 Å². The lowest BCUT2D eigenvalue weighted by atomic mass is 10.1. The quantitative estimate of drug-likeness (QED) is 0.875. The number of nitriles is 1. The summed E-state index contributed by atoms with van der Waals surface area (Å²) in [6.07, 6.45) is 0.982. The fourth-order valence-electron chi connectivity index (χ4n) is 2.28. The van der Waals surface area contributed by atoms with E-state index in [1.54, 1.807) is 24.3 Å². The van der Waals surface area contributed by atoms with Crippen molar-refractivity contribution in [1.29, 1.82) is 5.26 Å². The zero-order valence-electron chi connectivity index (χ0n) is 10.8.